The molecule has 0 heterocycles. The summed E-state index contributed by atoms with van der Waals surface area (Å²) >= 11 is 6.11. The molecule has 46 heavy (non-hydrogen) atoms. The van der Waals surface area contributed by atoms with Gasteiger partial charge in [0.1, 0.15) is 18.4 Å². The fourth-order valence-electron chi connectivity index (χ4n) is 4.87. The second-order valence-electron chi connectivity index (χ2n) is 10.3. The zero-order chi connectivity index (χ0) is 33.3. The highest BCUT2D eigenvalue weighted by Gasteiger charge is 2.35. The lowest BCUT2D eigenvalue weighted by Crippen LogP contribution is -2.53. The number of benzene rings is 4. The van der Waals surface area contributed by atoms with Crippen LogP contribution < -0.4 is 19.1 Å². The predicted octanol–water partition coefficient (Wildman–Crippen LogP) is 5.47. The van der Waals surface area contributed by atoms with Crippen LogP contribution in [0.4, 0.5) is 10.1 Å². The minimum absolute atomic E-state index is 0.0156. The van der Waals surface area contributed by atoms with Gasteiger partial charge >= 0.3 is 0 Å². The zero-order valence-electron chi connectivity index (χ0n) is 25.7. The van der Waals surface area contributed by atoms with Crippen LogP contribution in [0.3, 0.4) is 0 Å². The van der Waals surface area contributed by atoms with Gasteiger partial charge in [0, 0.05) is 30.6 Å². The average Bonchev–Trinajstić information content (AvgIpc) is 3.06. The maximum Gasteiger partial charge on any atom is 0.264 e. The summed E-state index contributed by atoms with van der Waals surface area (Å²) in [6.07, 6.45) is 0.172. The molecule has 0 spiro atoms. The van der Waals surface area contributed by atoms with Crippen LogP contribution in [0.5, 0.6) is 11.5 Å². The van der Waals surface area contributed by atoms with Gasteiger partial charge in [0.05, 0.1) is 24.8 Å². The molecule has 0 aliphatic carbocycles. The van der Waals surface area contributed by atoms with Gasteiger partial charge in [-0.25, -0.2) is 12.8 Å². The molecule has 9 nitrogen and oxygen atoms in total. The first kappa shape index (κ1) is 34.3. The first-order chi connectivity index (χ1) is 22.1. The van der Waals surface area contributed by atoms with Crippen LogP contribution in [-0.2, 0) is 32.6 Å². The number of hydrogen-bond acceptors (Lipinski definition) is 6. The highest BCUT2D eigenvalue weighted by atomic mass is 35.5. The molecule has 0 fully saturated rings. The number of nitrogens with zero attached hydrogens (tertiary/aromatic N) is 2. The summed E-state index contributed by atoms with van der Waals surface area (Å²) in [5.74, 6) is -1.16. The molecule has 242 valence electrons. The summed E-state index contributed by atoms with van der Waals surface area (Å²) in [6, 6.07) is 23.8. The van der Waals surface area contributed by atoms with E-state index >= 15 is 0 Å². The van der Waals surface area contributed by atoms with Crippen molar-refractivity contribution in [1.82, 2.24) is 10.2 Å². The van der Waals surface area contributed by atoms with Crippen molar-refractivity contribution < 1.29 is 31.9 Å². The number of nitrogens with one attached hydrogen (secondary N) is 1. The minimum atomic E-state index is -4.44. The van der Waals surface area contributed by atoms with E-state index < -0.39 is 40.2 Å². The number of carbonyl (C=O) groups is 2. The SMILES string of the molecule is CCNC(=O)[C@@H](Cc1ccccc1)N(Cc1ccc(Cl)cc1)C(=O)CN(c1ccc(F)cc1)S(=O)(=O)c1ccc(OC)c(OC)c1. The molecule has 0 saturated carbocycles. The van der Waals surface area contributed by atoms with Crippen LogP contribution in [0.25, 0.3) is 0 Å². The third-order valence-corrected chi connectivity index (χ3v) is 9.25. The Labute approximate surface area is 273 Å². The highest BCUT2D eigenvalue weighted by molar-refractivity contribution is 7.92. The number of sulfonamides is 1. The van der Waals surface area contributed by atoms with Gasteiger partial charge in [-0.2, -0.15) is 0 Å². The van der Waals surface area contributed by atoms with Gasteiger partial charge in [-0.15, -0.1) is 0 Å². The highest BCUT2D eigenvalue weighted by Crippen LogP contribution is 2.32. The van der Waals surface area contributed by atoms with Crippen molar-refractivity contribution in [1.29, 1.82) is 0 Å². The number of carbonyl (C=O) groups excluding carboxylic acids is 2. The van der Waals surface area contributed by atoms with Gasteiger partial charge in [0.2, 0.25) is 11.8 Å². The molecule has 0 aliphatic heterocycles. The lowest BCUT2D eigenvalue weighted by Gasteiger charge is -2.34. The Hall–Kier alpha value is -4.61. The maximum atomic E-state index is 14.4. The average molecular weight is 668 g/mol. The quantitative estimate of drug-likeness (QED) is 0.191. The second-order valence-corrected chi connectivity index (χ2v) is 12.6. The van der Waals surface area contributed by atoms with Gasteiger partial charge in [0.15, 0.2) is 11.5 Å². The molecule has 0 bridgehead atoms. The van der Waals surface area contributed by atoms with E-state index in [1.807, 2.05) is 30.3 Å². The fourth-order valence-corrected chi connectivity index (χ4v) is 6.43. The lowest BCUT2D eigenvalue weighted by molar-refractivity contribution is -0.140. The Kier molecular flexibility index (Phi) is 11.6. The van der Waals surface area contributed by atoms with Crippen molar-refractivity contribution in [3.8, 4) is 11.5 Å². The van der Waals surface area contributed by atoms with E-state index in [0.29, 0.717) is 22.9 Å². The molecule has 12 heteroatoms. The van der Waals surface area contributed by atoms with E-state index in [0.717, 1.165) is 22.0 Å². The van der Waals surface area contributed by atoms with E-state index in [9.17, 15) is 22.4 Å². The Bertz CT molecular complexity index is 1740. The zero-order valence-corrected chi connectivity index (χ0v) is 27.2. The lowest BCUT2D eigenvalue weighted by atomic mass is 10.0. The summed E-state index contributed by atoms with van der Waals surface area (Å²) in [7, 11) is -1.64. The minimum Gasteiger partial charge on any atom is -0.493 e. The van der Waals surface area contributed by atoms with Gasteiger partial charge in [-0.3, -0.25) is 13.9 Å². The molecule has 0 aliphatic rings. The summed E-state index contributed by atoms with van der Waals surface area (Å²) in [5.41, 5.74) is 1.53. The molecule has 2 amide bonds. The molecule has 4 rings (SSSR count). The van der Waals surface area contributed by atoms with E-state index in [-0.39, 0.29) is 29.3 Å². The van der Waals surface area contributed by atoms with E-state index in [1.165, 1.54) is 49.5 Å². The van der Waals surface area contributed by atoms with Crippen LogP contribution in [-0.4, -0.2) is 58.5 Å². The standard InChI is InChI=1S/C34H35ClFN3O6S/c1-4-37-34(41)30(20-24-8-6-5-7-9-24)38(22-25-10-12-26(35)13-11-25)33(40)23-39(28-16-14-27(36)15-17-28)46(42,43)29-18-19-31(44-2)32(21-29)45-3/h5-19,21,30H,4,20,22-23H2,1-3H3,(H,37,41)/t30-/m1/s1. The van der Waals surface area contributed by atoms with Crippen LogP contribution in [0.1, 0.15) is 18.1 Å². The van der Waals surface area contributed by atoms with Crippen molar-refractivity contribution in [2.24, 2.45) is 0 Å². The van der Waals surface area contributed by atoms with Crippen LogP contribution in [0.15, 0.2) is 102 Å². The van der Waals surface area contributed by atoms with Crippen LogP contribution in [0, 0.1) is 5.82 Å². The number of hydrogen-bond donors (Lipinski definition) is 1. The van der Waals surface area contributed by atoms with E-state index in [2.05, 4.69) is 5.32 Å². The summed E-state index contributed by atoms with van der Waals surface area (Å²) in [5, 5.41) is 3.31. The van der Waals surface area contributed by atoms with Crippen molar-refractivity contribution in [2.45, 2.75) is 30.8 Å². The fraction of sp³-hybridized carbons (Fsp3) is 0.235. The first-order valence-electron chi connectivity index (χ1n) is 14.4. The summed E-state index contributed by atoms with van der Waals surface area (Å²) in [4.78, 5) is 29.1. The van der Waals surface area contributed by atoms with Crippen LogP contribution >= 0.6 is 11.6 Å². The summed E-state index contributed by atoms with van der Waals surface area (Å²) < 4.78 is 53.8. The molecule has 1 N–H and O–H groups in total. The van der Waals surface area contributed by atoms with E-state index in [1.54, 1.807) is 31.2 Å². The molecule has 1 atom stereocenters. The number of halogens is 2. The van der Waals surface area contributed by atoms with Crippen molar-refractivity contribution in [2.75, 3.05) is 31.6 Å². The smallest absolute Gasteiger partial charge is 0.264 e. The molecule has 0 unspecified atom stereocenters. The Morgan fingerprint density at radius 2 is 1.52 bits per heavy atom. The Morgan fingerprint density at radius 1 is 0.870 bits per heavy atom. The van der Waals surface area contributed by atoms with Crippen molar-refractivity contribution in [3.63, 3.8) is 0 Å². The number of anilines is 1. The van der Waals surface area contributed by atoms with Crippen molar-refractivity contribution in [3.05, 3.63) is 119 Å². The largest absolute Gasteiger partial charge is 0.493 e. The predicted molar refractivity (Wildman–Crippen MR) is 175 cm³/mol. The second kappa shape index (κ2) is 15.6. The number of rotatable bonds is 14. The number of likely N-dealkylation sites (N-methyl/N-ethyl adjacent to an activating group) is 1. The Morgan fingerprint density at radius 3 is 2.13 bits per heavy atom. The van der Waals surface area contributed by atoms with Crippen LogP contribution in [0.2, 0.25) is 5.02 Å². The molecule has 4 aromatic rings. The van der Waals surface area contributed by atoms with Crippen molar-refractivity contribution >= 4 is 39.1 Å². The van der Waals surface area contributed by atoms with Gasteiger partial charge in [-0.1, -0.05) is 54.1 Å². The van der Waals surface area contributed by atoms with Gasteiger partial charge in [-0.05, 0) is 66.6 Å². The normalized spacial score (nSPS) is 11.8. The first-order valence-corrected chi connectivity index (χ1v) is 16.2. The Balaban J connectivity index is 1.81. The third kappa shape index (κ3) is 8.35. The third-order valence-electron chi connectivity index (χ3n) is 7.22. The molecular formula is C34H35ClFN3O6S. The van der Waals surface area contributed by atoms with Gasteiger partial charge in [0.25, 0.3) is 10.0 Å². The molecule has 4 aromatic carbocycles. The molecule has 0 aromatic heterocycles. The topological polar surface area (TPSA) is 105 Å². The molecule has 0 saturated heterocycles. The summed E-state index contributed by atoms with van der Waals surface area (Å²) in [6.45, 7) is 1.39. The number of methoxy groups -OCH3 is 2. The van der Waals surface area contributed by atoms with E-state index in [4.69, 9.17) is 21.1 Å². The number of amides is 2. The maximum absolute atomic E-state index is 14.4. The molecule has 0 radical (unpaired) electrons. The van der Waals surface area contributed by atoms with Gasteiger partial charge < -0.3 is 19.7 Å². The molecular weight excluding hydrogens is 633 g/mol. The number of ether oxygens (including phenoxy) is 2. The monoisotopic (exact) mass is 667 g/mol.